The van der Waals surface area contributed by atoms with Crippen LogP contribution < -0.4 is 10.1 Å². The maximum Gasteiger partial charge on any atom is 0.123 e. The number of ether oxygens (including phenoxy) is 1. The van der Waals surface area contributed by atoms with Crippen molar-refractivity contribution in [3.05, 3.63) is 59.2 Å². The lowest BCUT2D eigenvalue weighted by molar-refractivity contribution is 0.207. The lowest BCUT2D eigenvalue weighted by Gasteiger charge is -2.22. The fourth-order valence-corrected chi connectivity index (χ4v) is 2.97. The van der Waals surface area contributed by atoms with E-state index in [0.29, 0.717) is 5.92 Å². The Kier molecular flexibility index (Phi) is 6.72. The van der Waals surface area contributed by atoms with E-state index >= 15 is 0 Å². The Morgan fingerprint density at radius 2 is 1.62 bits per heavy atom. The van der Waals surface area contributed by atoms with Gasteiger partial charge in [-0.05, 0) is 67.5 Å². The standard InChI is InChI=1S/C22H31NO/c1-6-18(5)21-10-8-9-11-22(21)24-20(7-2)15-23-19-13-16(3)12-17(4)14-19/h8-14,18,20,23H,6-7,15H2,1-5H3/t18-,20+/m0/s1. The van der Waals surface area contributed by atoms with E-state index in [-0.39, 0.29) is 6.10 Å². The van der Waals surface area contributed by atoms with E-state index in [1.54, 1.807) is 0 Å². The number of anilines is 1. The Morgan fingerprint density at radius 3 is 2.25 bits per heavy atom. The molecule has 0 bridgehead atoms. The molecule has 2 aromatic carbocycles. The first-order valence-corrected chi connectivity index (χ1v) is 9.11. The second-order valence-corrected chi connectivity index (χ2v) is 6.75. The van der Waals surface area contributed by atoms with Crippen LogP contribution in [0.25, 0.3) is 0 Å². The van der Waals surface area contributed by atoms with E-state index in [4.69, 9.17) is 4.74 Å². The molecule has 2 atom stereocenters. The maximum absolute atomic E-state index is 6.34. The first-order chi connectivity index (χ1) is 11.5. The topological polar surface area (TPSA) is 21.3 Å². The maximum atomic E-state index is 6.34. The van der Waals surface area contributed by atoms with Gasteiger partial charge in [0.2, 0.25) is 0 Å². The Morgan fingerprint density at radius 1 is 0.958 bits per heavy atom. The third-order valence-electron chi connectivity index (χ3n) is 4.57. The van der Waals surface area contributed by atoms with Crippen LogP contribution in [0.15, 0.2) is 42.5 Å². The summed E-state index contributed by atoms with van der Waals surface area (Å²) in [6.07, 6.45) is 2.26. The monoisotopic (exact) mass is 325 g/mol. The second-order valence-electron chi connectivity index (χ2n) is 6.75. The van der Waals surface area contributed by atoms with Crippen LogP contribution in [0.3, 0.4) is 0 Å². The van der Waals surface area contributed by atoms with Crippen LogP contribution in [0.1, 0.15) is 56.2 Å². The van der Waals surface area contributed by atoms with Crippen LogP contribution in [-0.2, 0) is 0 Å². The van der Waals surface area contributed by atoms with Crippen molar-refractivity contribution in [2.75, 3.05) is 11.9 Å². The highest BCUT2D eigenvalue weighted by molar-refractivity contribution is 5.48. The van der Waals surface area contributed by atoms with Crippen LogP contribution in [0.4, 0.5) is 5.69 Å². The number of nitrogens with one attached hydrogen (secondary N) is 1. The first kappa shape index (κ1) is 18.4. The van der Waals surface area contributed by atoms with Crippen LogP contribution in [-0.4, -0.2) is 12.6 Å². The highest BCUT2D eigenvalue weighted by atomic mass is 16.5. The zero-order valence-electron chi connectivity index (χ0n) is 15.7. The zero-order valence-corrected chi connectivity index (χ0v) is 15.7. The number of benzene rings is 2. The van der Waals surface area contributed by atoms with E-state index in [1.807, 2.05) is 0 Å². The summed E-state index contributed by atoms with van der Waals surface area (Å²) in [6, 6.07) is 15.0. The van der Waals surface area contributed by atoms with Crippen molar-refractivity contribution in [3.8, 4) is 5.75 Å². The quantitative estimate of drug-likeness (QED) is 0.634. The molecule has 0 saturated carbocycles. The molecular formula is C22H31NO. The average Bonchev–Trinajstić information content (AvgIpc) is 2.57. The molecule has 0 fully saturated rings. The van der Waals surface area contributed by atoms with Gasteiger partial charge in [0, 0.05) is 5.69 Å². The number of rotatable bonds is 8. The molecule has 0 unspecified atom stereocenters. The molecule has 2 aromatic rings. The number of hydrogen-bond acceptors (Lipinski definition) is 2. The van der Waals surface area contributed by atoms with Crippen LogP contribution in [0.2, 0.25) is 0 Å². The van der Waals surface area contributed by atoms with Gasteiger partial charge >= 0.3 is 0 Å². The fraction of sp³-hybridized carbons (Fsp3) is 0.455. The van der Waals surface area contributed by atoms with Crippen LogP contribution in [0, 0.1) is 13.8 Å². The molecule has 0 amide bonds. The minimum Gasteiger partial charge on any atom is -0.488 e. The molecule has 0 radical (unpaired) electrons. The van der Waals surface area contributed by atoms with E-state index in [2.05, 4.69) is 82.4 Å². The van der Waals surface area contributed by atoms with Gasteiger partial charge in [0.15, 0.2) is 0 Å². The van der Waals surface area contributed by atoms with Crippen LogP contribution >= 0.6 is 0 Å². The smallest absolute Gasteiger partial charge is 0.123 e. The minimum absolute atomic E-state index is 0.163. The van der Waals surface area contributed by atoms with Crippen molar-refractivity contribution in [1.82, 2.24) is 0 Å². The number of aryl methyl sites for hydroxylation is 2. The summed E-state index contributed by atoms with van der Waals surface area (Å²) in [5, 5.41) is 3.54. The van der Waals surface area contributed by atoms with E-state index < -0.39 is 0 Å². The summed E-state index contributed by atoms with van der Waals surface area (Å²) in [7, 11) is 0. The predicted octanol–water partition coefficient (Wildman–Crippen LogP) is 6.09. The van der Waals surface area contributed by atoms with Gasteiger partial charge in [0.05, 0.1) is 6.54 Å². The van der Waals surface area contributed by atoms with Gasteiger partial charge in [0.1, 0.15) is 11.9 Å². The second kappa shape index (κ2) is 8.77. The van der Waals surface area contributed by atoms with Gasteiger partial charge in [0.25, 0.3) is 0 Å². The molecule has 1 N–H and O–H groups in total. The van der Waals surface area contributed by atoms with Crippen molar-refractivity contribution < 1.29 is 4.74 Å². The Bertz CT molecular complexity index is 630. The molecule has 0 heterocycles. The molecule has 0 aliphatic carbocycles. The predicted molar refractivity (Wildman–Crippen MR) is 104 cm³/mol. The van der Waals surface area contributed by atoms with Crippen molar-refractivity contribution in [1.29, 1.82) is 0 Å². The third kappa shape index (κ3) is 5.02. The lowest BCUT2D eigenvalue weighted by Crippen LogP contribution is -2.26. The fourth-order valence-electron chi connectivity index (χ4n) is 2.97. The lowest BCUT2D eigenvalue weighted by atomic mass is 9.98. The molecule has 0 aliphatic heterocycles. The Labute approximate surface area is 147 Å². The van der Waals surface area contributed by atoms with Gasteiger partial charge in [-0.2, -0.15) is 0 Å². The highest BCUT2D eigenvalue weighted by Crippen LogP contribution is 2.29. The summed E-state index contributed by atoms with van der Waals surface area (Å²) >= 11 is 0. The van der Waals surface area contributed by atoms with Crippen molar-refractivity contribution in [2.45, 2.75) is 59.5 Å². The van der Waals surface area contributed by atoms with Crippen molar-refractivity contribution in [3.63, 3.8) is 0 Å². The molecule has 0 saturated heterocycles. The summed E-state index contributed by atoms with van der Waals surface area (Å²) < 4.78 is 6.34. The molecular weight excluding hydrogens is 294 g/mol. The minimum atomic E-state index is 0.163. The molecule has 0 aromatic heterocycles. The molecule has 0 aliphatic rings. The average molecular weight is 325 g/mol. The largest absolute Gasteiger partial charge is 0.488 e. The molecule has 2 rings (SSSR count). The van der Waals surface area contributed by atoms with Crippen LogP contribution in [0.5, 0.6) is 5.75 Å². The zero-order chi connectivity index (χ0) is 17.5. The van der Waals surface area contributed by atoms with Gasteiger partial charge in [-0.15, -0.1) is 0 Å². The van der Waals surface area contributed by atoms with E-state index in [0.717, 1.165) is 25.1 Å². The summed E-state index contributed by atoms with van der Waals surface area (Å²) in [6.45, 7) is 11.7. The van der Waals surface area contributed by atoms with Crippen molar-refractivity contribution in [2.24, 2.45) is 0 Å². The van der Waals surface area contributed by atoms with Gasteiger partial charge in [-0.25, -0.2) is 0 Å². The summed E-state index contributed by atoms with van der Waals surface area (Å²) in [5.74, 6) is 1.55. The van der Waals surface area contributed by atoms with E-state index in [9.17, 15) is 0 Å². The Hall–Kier alpha value is -1.96. The summed E-state index contributed by atoms with van der Waals surface area (Å²) in [4.78, 5) is 0. The van der Waals surface area contributed by atoms with E-state index in [1.165, 1.54) is 22.4 Å². The molecule has 24 heavy (non-hydrogen) atoms. The number of hydrogen-bond donors (Lipinski definition) is 1. The SMILES string of the molecule is CC[C@H](CNc1cc(C)cc(C)c1)Oc1ccccc1[C@@H](C)CC. The normalized spacial score (nSPS) is 13.4. The molecule has 0 spiro atoms. The number of para-hydroxylation sites is 1. The highest BCUT2D eigenvalue weighted by Gasteiger charge is 2.14. The summed E-state index contributed by atoms with van der Waals surface area (Å²) in [5.41, 5.74) is 5.05. The molecule has 130 valence electrons. The molecule has 2 heteroatoms. The van der Waals surface area contributed by atoms with Crippen molar-refractivity contribution >= 4 is 5.69 Å². The Balaban J connectivity index is 2.05. The van der Waals surface area contributed by atoms with Gasteiger partial charge in [-0.3, -0.25) is 0 Å². The van der Waals surface area contributed by atoms with Gasteiger partial charge in [-0.1, -0.05) is 45.0 Å². The first-order valence-electron chi connectivity index (χ1n) is 9.11. The van der Waals surface area contributed by atoms with Gasteiger partial charge < -0.3 is 10.1 Å². The molecule has 2 nitrogen and oxygen atoms in total. The third-order valence-corrected chi connectivity index (χ3v) is 4.57.